The van der Waals surface area contributed by atoms with E-state index in [1.54, 1.807) is 0 Å². The summed E-state index contributed by atoms with van der Waals surface area (Å²) in [4.78, 5) is 2.74. The third-order valence-corrected chi connectivity index (χ3v) is 4.77. The summed E-state index contributed by atoms with van der Waals surface area (Å²) in [5, 5.41) is 3.85. The molecule has 2 unspecified atom stereocenters. The number of hydrogen-bond acceptors (Lipinski definition) is 2. The zero-order valence-corrected chi connectivity index (χ0v) is 10.1. The lowest BCUT2D eigenvalue weighted by Gasteiger charge is -2.46. The van der Waals surface area contributed by atoms with Crippen LogP contribution in [0.3, 0.4) is 0 Å². The Hall–Kier alpha value is -0.0800. The van der Waals surface area contributed by atoms with Crippen LogP contribution >= 0.6 is 0 Å². The average Bonchev–Trinajstić information content (AvgIpc) is 3.05. The molecule has 3 aliphatic rings. The van der Waals surface area contributed by atoms with Crippen LogP contribution in [0.2, 0.25) is 0 Å². The Morgan fingerprint density at radius 1 is 1.27 bits per heavy atom. The Morgan fingerprint density at radius 2 is 2.00 bits per heavy atom. The van der Waals surface area contributed by atoms with Gasteiger partial charge in [-0.3, -0.25) is 4.90 Å². The van der Waals surface area contributed by atoms with Gasteiger partial charge < -0.3 is 5.32 Å². The molecule has 2 nitrogen and oxygen atoms in total. The lowest BCUT2D eigenvalue weighted by atomic mass is 9.90. The van der Waals surface area contributed by atoms with Crippen LogP contribution in [0.1, 0.15) is 39.5 Å². The molecule has 0 spiro atoms. The van der Waals surface area contributed by atoms with E-state index in [9.17, 15) is 0 Å². The van der Waals surface area contributed by atoms with Crippen LogP contribution in [0.5, 0.6) is 0 Å². The Labute approximate surface area is 93.4 Å². The van der Waals surface area contributed by atoms with Gasteiger partial charge >= 0.3 is 0 Å². The lowest BCUT2D eigenvalue weighted by molar-refractivity contribution is 0.0689. The van der Waals surface area contributed by atoms with Crippen molar-refractivity contribution >= 4 is 0 Å². The molecule has 1 saturated heterocycles. The fraction of sp³-hybridized carbons (Fsp3) is 1.00. The van der Waals surface area contributed by atoms with Crippen molar-refractivity contribution in [3.8, 4) is 0 Å². The van der Waals surface area contributed by atoms with Gasteiger partial charge in [-0.05, 0) is 51.0 Å². The minimum atomic E-state index is 0.432. The second-order valence-electron chi connectivity index (χ2n) is 6.04. The van der Waals surface area contributed by atoms with E-state index in [2.05, 4.69) is 24.1 Å². The van der Waals surface area contributed by atoms with E-state index in [0.717, 1.165) is 17.9 Å². The van der Waals surface area contributed by atoms with E-state index >= 15 is 0 Å². The fourth-order valence-corrected chi connectivity index (χ4v) is 3.35. The van der Waals surface area contributed by atoms with Gasteiger partial charge in [-0.1, -0.05) is 6.92 Å². The Kier molecular flexibility index (Phi) is 2.33. The highest BCUT2D eigenvalue weighted by atomic mass is 15.3. The number of hydrogen-bond donors (Lipinski definition) is 1. The third-order valence-electron chi connectivity index (χ3n) is 4.77. The summed E-state index contributed by atoms with van der Waals surface area (Å²) in [5.74, 6) is 1.98. The van der Waals surface area contributed by atoms with Crippen molar-refractivity contribution in [3.63, 3.8) is 0 Å². The van der Waals surface area contributed by atoms with Gasteiger partial charge in [0.2, 0.25) is 0 Å². The van der Waals surface area contributed by atoms with Crippen LogP contribution in [0.15, 0.2) is 0 Å². The van der Waals surface area contributed by atoms with Crippen molar-refractivity contribution in [2.45, 2.75) is 51.1 Å². The maximum atomic E-state index is 3.85. The summed E-state index contributed by atoms with van der Waals surface area (Å²) >= 11 is 0. The Morgan fingerprint density at radius 3 is 2.53 bits per heavy atom. The fourth-order valence-electron chi connectivity index (χ4n) is 3.35. The smallest absolute Gasteiger partial charge is 0.0309 e. The van der Waals surface area contributed by atoms with Crippen LogP contribution in [-0.2, 0) is 0 Å². The van der Waals surface area contributed by atoms with Crippen molar-refractivity contribution in [2.75, 3.05) is 19.6 Å². The highest BCUT2D eigenvalue weighted by molar-refractivity contribution is 5.06. The zero-order chi connectivity index (χ0) is 10.5. The second-order valence-corrected chi connectivity index (χ2v) is 6.04. The summed E-state index contributed by atoms with van der Waals surface area (Å²) in [6, 6.07) is 0.849. The molecule has 0 aromatic heterocycles. The normalized spacial score (nSPS) is 43.2. The first-order chi connectivity index (χ1) is 7.23. The van der Waals surface area contributed by atoms with Gasteiger partial charge in [-0.25, -0.2) is 0 Å². The van der Waals surface area contributed by atoms with E-state index in [1.165, 1.54) is 45.3 Å². The minimum absolute atomic E-state index is 0.432. The quantitative estimate of drug-likeness (QED) is 0.761. The topological polar surface area (TPSA) is 15.3 Å². The first-order valence-electron chi connectivity index (χ1n) is 6.72. The van der Waals surface area contributed by atoms with Gasteiger partial charge in [-0.15, -0.1) is 0 Å². The van der Waals surface area contributed by atoms with Gasteiger partial charge in [0.25, 0.3) is 0 Å². The first kappa shape index (κ1) is 10.1. The molecule has 3 fully saturated rings. The molecule has 1 heterocycles. The molecule has 0 radical (unpaired) electrons. The van der Waals surface area contributed by atoms with Crippen molar-refractivity contribution in [1.82, 2.24) is 10.2 Å². The van der Waals surface area contributed by atoms with Crippen molar-refractivity contribution in [1.29, 1.82) is 0 Å². The first-order valence-corrected chi connectivity index (χ1v) is 6.72. The van der Waals surface area contributed by atoms with E-state index in [4.69, 9.17) is 0 Å². The summed E-state index contributed by atoms with van der Waals surface area (Å²) in [6.07, 6.45) is 5.86. The predicted octanol–water partition coefficient (Wildman–Crippen LogP) is 1.86. The van der Waals surface area contributed by atoms with Crippen LogP contribution in [0.25, 0.3) is 0 Å². The Bertz CT molecular complexity index is 245. The minimum Gasteiger partial charge on any atom is -0.308 e. The lowest BCUT2D eigenvalue weighted by Crippen LogP contribution is -2.64. The summed E-state index contributed by atoms with van der Waals surface area (Å²) in [7, 11) is 0. The molecule has 2 aliphatic carbocycles. The van der Waals surface area contributed by atoms with Crippen LogP contribution in [0, 0.1) is 11.8 Å². The molecule has 2 atom stereocenters. The highest BCUT2D eigenvalue weighted by Crippen LogP contribution is 2.44. The van der Waals surface area contributed by atoms with E-state index < -0.39 is 0 Å². The molecule has 86 valence electrons. The molecule has 0 aromatic rings. The molecule has 2 saturated carbocycles. The molecule has 0 amide bonds. The number of nitrogens with one attached hydrogen (secondary N) is 1. The molecule has 1 N–H and O–H groups in total. The van der Waals surface area contributed by atoms with Gasteiger partial charge in [0.1, 0.15) is 0 Å². The molecule has 3 rings (SSSR count). The number of nitrogens with zero attached hydrogens (tertiary/aromatic N) is 1. The average molecular weight is 208 g/mol. The summed E-state index contributed by atoms with van der Waals surface area (Å²) in [6.45, 7) is 8.54. The number of likely N-dealkylation sites (N-methyl/N-ethyl adjacent to an activating group) is 1. The maximum Gasteiger partial charge on any atom is 0.0309 e. The molecule has 15 heavy (non-hydrogen) atoms. The third kappa shape index (κ3) is 1.83. The van der Waals surface area contributed by atoms with E-state index in [1.807, 2.05) is 0 Å². The monoisotopic (exact) mass is 208 g/mol. The molecule has 0 bridgehead atoms. The zero-order valence-electron chi connectivity index (χ0n) is 10.1. The molecular weight excluding hydrogens is 184 g/mol. The predicted molar refractivity (Wildman–Crippen MR) is 62.9 cm³/mol. The molecule has 0 aromatic carbocycles. The molecule has 2 heteroatoms. The van der Waals surface area contributed by atoms with Gasteiger partial charge in [0.15, 0.2) is 0 Å². The highest BCUT2D eigenvalue weighted by Gasteiger charge is 2.48. The summed E-state index contributed by atoms with van der Waals surface area (Å²) in [5.41, 5.74) is 0.432. The van der Waals surface area contributed by atoms with Gasteiger partial charge in [0, 0.05) is 24.7 Å². The van der Waals surface area contributed by atoms with Crippen molar-refractivity contribution in [3.05, 3.63) is 0 Å². The SMILES string of the molecule is CCN1CC(C)(C2CC2)NCC1C1CC1. The molecular formula is C13H24N2. The van der Waals surface area contributed by atoms with Crippen LogP contribution in [-0.4, -0.2) is 36.1 Å². The van der Waals surface area contributed by atoms with Gasteiger partial charge in [-0.2, -0.15) is 0 Å². The van der Waals surface area contributed by atoms with E-state index in [0.29, 0.717) is 5.54 Å². The standard InChI is InChI=1S/C13H24N2/c1-3-15-9-13(2,11-6-7-11)14-8-12(15)10-4-5-10/h10-12,14H,3-9H2,1-2H3. The molecule has 1 aliphatic heterocycles. The Balaban J connectivity index is 1.68. The second kappa shape index (κ2) is 3.46. The maximum absolute atomic E-state index is 3.85. The van der Waals surface area contributed by atoms with Crippen molar-refractivity contribution in [2.24, 2.45) is 11.8 Å². The van der Waals surface area contributed by atoms with E-state index in [-0.39, 0.29) is 0 Å². The largest absolute Gasteiger partial charge is 0.308 e. The van der Waals surface area contributed by atoms with Crippen LogP contribution < -0.4 is 5.32 Å². The summed E-state index contributed by atoms with van der Waals surface area (Å²) < 4.78 is 0. The number of piperazine rings is 1. The number of rotatable bonds is 3. The van der Waals surface area contributed by atoms with Crippen molar-refractivity contribution < 1.29 is 0 Å². The van der Waals surface area contributed by atoms with Gasteiger partial charge in [0.05, 0.1) is 0 Å². The van der Waals surface area contributed by atoms with Crippen LogP contribution in [0.4, 0.5) is 0 Å².